The lowest BCUT2D eigenvalue weighted by molar-refractivity contribution is 0.412. The van der Waals surface area contributed by atoms with E-state index in [-0.39, 0.29) is 24.0 Å². The first-order valence-electron chi connectivity index (χ1n) is 7.92. The van der Waals surface area contributed by atoms with Gasteiger partial charge in [-0.1, -0.05) is 19.3 Å². The van der Waals surface area contributed by atoms with Gasteiger partial charge in [0.1, 0.15) is 5.82 Å². The molecule has 6 heteroatoms. The third kappa shape index (κ3) is 4.59. The molecule has 0 radical (unpaired) electrons. The van der Waals surface area contributed by atoms with E-state index >= 15 is 0 Å². The van der Waals surface area contributed by atoms with Crippen LogP contribution in [0.15, 0.2) is 11.2 Å². The van der Waals surface area contributed by atoms with Gasteiger partial charge in [-0.3, -0.25) is 0 Å². The Kier molecular flexibility index (Phi) is 6.32. The summed E-state index contributed by atoms with van der Waals surface area (Å²) in [6.07, 6.45) is 12.1. The van der Waals surface area contributed by atoms with Gasteiger partial charge in [-0.05, 0) is 25.7 Å². The maximum Gasteiger partial charge on any atom is 0.189 e. The zero-order valence-electron chi connectivity index (χ0n) is 12.6. The minimum Gasteiger partial charge on any atom is -0.370 e. The highest BCUT2D eigenvalue weighted by molar-refractivity contribution is 14.0. The molecule has 1 aromatic heterocycles. The molecule has 118 valence electrons. The summed E-state index contributed by atoms with van der Waals surface area (Å²) in [5.74, 6) is 1.78. The average molecular weight is 403 g/mol. The summed E-state index contributed by atoms with van der Waals surface area (Å²) in [5, 5.41) is 3.34. The highest BCUT2D eigenvalue weighted by atomic mass is 127. The maximum absolute atomic E-state index is 5.98. The van der Waals surface area contributed by atoms with E-state index in [0.29, 0.717) is 18.5 Å². The van der Waals surface area contributed by atoms with Crippen LogP contribution in [0.3, 0.4) is 0 Å². The van der Waals surface area contributed by atoms with Crippen LogP contribution in [-0.4, -0.2) is 21.6 Å². The van der Waals surface area contributed by atoms with Crippen LogP contribution in [0.5, 0.6) is 0 Å². The van der Waals surface area contributed by atoms with E-state index in [2.05, 4.69) is 26.1 Å². The van der Waals surface area contributed by atoms with Crippen molar-refractivity contribution < 1.29 is 0 Å². The van der Waals surface area contributed by atoms with E-state index in [4.69, 9.17) is 5.73 Å². The number of nitrogens with two attached hydrogens (primary N) is 1. The van der Waals surface area contributed by atoms with Gasteiger partial charge >= 0.3 is 0 Å². The van der Waals surface area contributed by atoms with Crippen molar-refractivity contribution in [2.45, 2.75) is 70.5 Å². The number of hydrogen-bond donors (Lipinski definition) is 2. The van der Waals surface area contributed by atoms with E-state index < -0.39 is 0 Å². The first-order valence-corrected chi connectivity index (χ1v) is 7.92. The standard InChI is InChI=1S/C15H25N5.HI/c16-15(19-12-6-2-1-3-7-12)17-10-13-11-20-9-5-4-8-14(20)18-13;/h11-12H,1-10H2,(H3,16,17,19);1H. The Balaban J connectivity index is 0.00000161. The van der Waals surface area contributed by atoms with Gasteiger partial charge in [-0.2, -0.15) is 0 Å². The van der Waals surface area contributed by atoms with E-state index in [1.165, 1.54) is 50.8 Å². The van der Waals surface area contributed by atoms with Gasteiger partial charge in [0.05, 0.1) is 12.2 Å². The van der Waals surface area contributed by atoms with Crippen molar-refractivity contribution >= 4 is 29.9 Å². The molecule has 0 amide bonds. The second-order valence-corrected chi connectivity index (χ2v) is 5.98. The molecule has 0 unspecified atom stereocenters. The van der Waals surface area contributed by atoms with Crippen LogP contribution in [0.1, 0.15) is 56.5 Å². The molecular formula is C15H26IN5. The third-order valence-corrected chi connectivity index (χ3v) is 4.33. The number of imidazole rings is 1. The molecule has 0 saturated heterocycles. The molecule has 1 fully saturated rings. The molecule has 3 rings (SSSR count). The van der Waals surface area contributed by atoms with Crippen LogP contribution < -0.4 is 11.1 Å². The van der Waals surface area contributed by atoms with Gasteiger partial charge in [0, 0.05) is 25.2 Å². The van der Waals surface area contributed by atoms with Crippen LogP contribution in [0.4, 0.5) is 0 Å². The predicted molar refractivity (Wildman–Crippen MR) is 95.9 cm³/mol. The highest BCUT2D eigenvalue weighted by Gasteiger charge is 2.14. The van der Waals surface area contributed by atoms with E-state index in [1.54, 1.807) is 0 Å². The van der Waals surface area contributed by atoms with Crippen molar-refractivity contribution in [1.82, 2.24) is 14.9 Å². The molecule has 0 spiro atoms. The number of aliphatic imine (C=N–C) groups is 1. The van der Waals surface area contributed by atoms with Crippen LogP contribution in [0, 0.1) is 0 Å². The predicted octanol–water partition coefficient (Wildman–Crippen LogP) is 2.57. The lowest BCUT2D eigenvalue weighted by Gasteiger charge is -2.23. The van der Waals surface area contributed by atoms with Gasteiger partial charge in [-0.25, -0.2) is 9.98 Å². The summed E-state index contributed by atoms with van der Waals surface area (Å²) in [4.78, 5) is 9.08. The van der Waals surface area contributed by atoms with Crippen LogP contribution in [0.2, 0.25) is 0 Å². The molecule has 2 heterocycles. The molecule has 1 aliphatic heterocycles. The summed E-state index contributed by atoms with van der Waals surface area (Å²) >= 11 is 0. The Morgan fingerprint density at radius 3 is 2.86 bits per heavy atom. The molecule has 3 N–H and O–H groups in total. The summed E-state index contributed by atoms with van der Waals surface area (Å²) in [6.45, 7) is 1.69. The summed E-state index contributed by atoms with van der Waals surface area (Å²) in [5.41, 5.74) is 7.02. The molecule has 1 aromatic rings. The number of guanidine groups is 1. The lowest BCUT2D eigenvalue weighted by Crippen LogP contribution is -2.41. The molecule has 21 heavy (non-hydrogen) atoms. The Labute approximate surface area is 143 Å². The second kappa shape index (κ2) is 8.00. The van der Waals surface area contributed by atoms with Crippen molar-refractivity contribution in [3.05, 3.63) is 17.7 Å². The van der Waals surface area contributed by atoms with Crippen molar-refractivity contribution in [3.63, 3.8) is 0 Å². The van der Waals surface area contributed by atoms with Crippen molar-refractivity contribution in [2.75, 3.05) is 0 Å². The zero-order valence-corrected chi connectivity index (χ0v) is 14.9. The smallest absolute Gasteiger partial charge is 0.189 e. The first-order chi connectivity index (χ1) is 9.81. The zero-order chi connectivity index (χ0) is 13.8. The second-order valence-electron chi connectivity index (χ2n) is 5.98. The number of hydrogen-bond acceptors (Lipinski definition) is 2. The fourth-order valence-electron chi connectivity index (χ4n) is 3.22. The number of nitrogens with zero attached hydrogens (tertiary/aromatic N) is 3. The van der Waals surface area contributed by atoms with Crippen LogP contribution in [0.25, 0.3) is 0 Å². The largest absolute Gasteiger partial charge is 0.370 e. The topological polar surface area (TPSA) is 68.2 Å². The fourth-order valence-corrected chi connectivity index (χ4v) is 3.22. The Morgan fingerprint density at radius 2 is 2.10 bits per heavy atom. The van der Waals surface area contributed by atoms with E-state index in [1.807, 2.05) is 0 Å². The highest BCUT2D eigenvalue weighted by Crippen LogP contribution is 2.17. The van der Waals surface area contributed by atoms with E-state index in [9.17, 15) is 0 Å². The fraction of sp³-hybridized carbons (Fsp3) is 0.733. The maximum atomic E-state index is 5.98. The van der Waals surface area contributed by atoms with Crippen molar-refractivity contribution in [1.29, 1.82) is 0 Å². The quantitative estimate of drug-likeness (QED) is 0.463. The minimum atomic E-state index is 0. The molecule has 2 aliphatic rings. The first kappa shape index (κ1) is 16.6. The molecule has 1 saturated carbocycles. The molecule has 0 bridgehead atoms. The summed E-state index contributed by atoms with van der Waals surface area (Å²) in [7, 11) is 0. The SMILES string of the molecule is I.NC(=NCc1cn2c(n1)CCCC2)NC1CCCCC1. The molecule has 0 aromatic carbocycles. The van der Waals surface area contributed by atoms with Crippen molar-refractivity contribution in [3.8, 4) is 0 Å². The number of nitrogens with one attached hydrogen (secondary N) is 1. The number of fused-ring (bicyclic) bond motifs is 1. The van der Waals surface area contributed by atoms with Gasteiger partial charge in [0.15, 0.2) is 5.96 Å². The number of halogens is 1. The minimum absolute atomic E-state index is 0. The lowest BCUT2D eigenvalue weighted by atomic mass is 9.96. The van der Waals surface area contributed by atoms with Crippen LogP contribution >= 0.6 is 24.0 Å². The average Bonchev–Trinajstić information content (AvgIpc) is 2.89. The summed E-state index contributed by atoms with van der Waals surface area (Å²) < 4.78 is 2.26. The molecule has 0 atom stereocenters. The van der Waals surface area contributed by atoms with Crippen LogP contribution in [-0.2, 0) is 19.5 Å². The third-order valence-electron chi connectivity index (χ3n) is 4.33. The van der Waals surface area contributed by atoms with Crippen molar-refractivity contribution in [2.24, 2.45) is 10.7 Å². The normalized spacial score (nSPS) is 19.7. The number of aryl methyl sites for hydroxylation is 2. The Hall–Kier alpha value is -0.790. The number of aromatic nitrogens is 2. The van der Waals surface area contributed by atoms with Gasteiger partial charge in [0.2, 0.25) is 0 Å². The molecular weight excluding hydrogens is 377 g/mol. The molecule has 5 nitrogen and oxygen atoms in total. The summed E-state index contributed by atoms with van der Waals surface area (Å²) in [6, 6.07) is 0.516. The number of rotatable bonds is 3. The van der Waals surface area contributed by atoms with Gasteiger partial charge < -0.3 is 15.6 Å². The molecule has 1 aliphatic carbocycles. The monoisotopic (exact) mass is 403 g/mol. The Bertz CT molecular complexity index is 453. The van der Waals surface area contributed by atoms with Gasteiger partial charge in [0.25, 0.3) is 0 Å². The van der Waals surface area contributed by atoms with E-state index in [0.717, 1.165) is 18.7 Å². The van der Waals surface area contributed by atoms with Gasteiger partial charge in [-0.15, -0.1) is 24.0 Å². The Morgan fingerprint density at radius 1 is 1.29 bits per heavy atom.